The summed E-state index contributed by atoms with van der Waals surface area (Å²) in [7, 11) is 0. The average Bonchev–Trinajstić information content (AvgIpc) is 2.32. The molecule has 6 heteroatoms. The Balaban J connectivity index is 2.25. The maximum Gasteiger partial charge on any atom is 0.416 e. The van der Waals surface area contributed by atoms with Crippen LogP contribution >= 0.6 is 0 Å². The molecule has 0 heterocycles. The van der Waals surface area contributed by atoms with E-state index in [1.807, 2.05) is 0 Å². The Morgan fingerprint density at radius 3 is 2.32 bits per heavy atom. The van der Waals surface area contributed by atoms with Crippen molar-refractivity contribution in [2.45, 2.75) is 26.1 Å². The van der Waals surface area contributed by atoms with Crippen molar-refractivity contribution in [1.82, 2.24) is 10.6 Å². The monoisotopic (exact) mass is 274 g/mol. The second kappa shape index (κ2) is 7.13. The molecule has 0 saturated carbocycles. The Morgan fingerprint density at radius 2 is 1.79 bits per heavy atom. The van der Waals surface area contributed by atoms with Gasteiger partial charge in [-0.1, -0.05) is 12.1 Å². The van der Waals surface area contributed by atoms with Crippen molar-refractivity contribution in [2.24, 2.45) is 0 Å². The van der Waals surface area contributed by atoms with E-state index in [0.717, 1.165) is 24.1 Å². The molecule has 1 aromatic carbocycles. The molecule has 0 unspecified atom stereocenters. The summed E-state index contributed by atoms with van der Waals surface area (Å²) < 4.78 is 37.0. The molecule has 106 valence electrons. The zero-order chi connectivity index (χ0) is 14.3. The number of carbonyl (C=O) groups is 1. The normalized spacial score (nSPS) is 11.4. The minimum atomic E-state index is -4.29. The third-order valence-corrected chi connectivity index (χ3v) is 2.51. The van der Waals surface area contributed by atoms with Gasteiger partial charge in [0, 0.05) is 20.0 Å². The molecule has 3 nitrogen and oxygen atoms in total. The lowest BCUT2D eigenvalue weighted by Crippen LogP contribution is -2.25. The van der Waals surface area contributed by atoms with Gasteiger partial charge in [-0.25, -0.2) is 0 Å². The summed E-state index contributed by atoms with van der Waals surface area (Å²) >= 11 is 0. The first kappa shape index (κ1) is 15.5. The van der Waals surface area contributed by atoms with Crippen LogP contribution in [0.5, 0.6) is 0 Å². The van der Waals surface area contributed by atoms with Crippen molar-refractivity contribution < 1.29 is 18.0 Å². The van der Waals surface area contributed by atoms with Crippen LogP contribution in [0.15, 0.2) is 24.3 Å². The number of rotatable bonds is 6. The number of halogens is 3. The number of carbonyl (C=O) groups excluding carboxylic acids is 1. The molecule has 19 heavy (non-hydrogen) atoms. The quantitative estimate of drug-likeness (QED) is 0.782. The van der Waals surface area contributed by atoms with Gasteiger partial charge in [-0.15, -0.1) is 0 Å². The van der Waals surface area contributed by atoms with Crippen LogP contribution < -0.4 is 10.6 Å². The summed E-state index contributed by atoms with van der Waals surface area (Å²) in [4.78, 5) is 10.6. The highest BCUT2D eigenvalue weighted by atomic mass is 19.4. The summed E-state index contributed by atoms with van der Waals surface area (Å²) in [5.74, 6) is -0.0669. The highest BCUT2D eigenvalue weighted by molar-refractivity contribution is 5.72. The number of nitrogens with one attached hydrogen (secondary N) is 2. The summed E-state index contributed by atoms with van der Waals surface area (Å²) in [5, 5.41) is 5.77. The van der Waals surface area contributed by atoms with Crippen molar-refractivity contribution in [3.8, 4) is 0 Å². The summed E-state index contributed by atoms with van der Waals surface area (Å²) in [6.07, 6.45) is -3.51. The number of amides is 1. The van der Waals surface area contributed by atoms with Gasteiger partial charge in [-0.2, -0.15) is 13.2 Å². The minimum Gasteiger partial charge on any atom is -0.356 e. The molecule has 0 aromatic heterocycles. The molecule has 1 rings (SSSR count). The molecule has 0 aliphatic carbocycles. The van der Waals surface area contributed by atoms with Crippen LogP contribution in [-0.2, 0) is 17.5 Å². The summed E-state index contributed by atoms with van der Waals surface area (Å²) in [6.45, 7) is 3.25. The van der Waals surface area contributed by atoms with Crippen LogP contribution in [0, 0.1) is 0 Å². The van der Waals surface area contributed by atoms with Crippen LogP contribution in [0.2, 0.25) is 0 Å². The van der Waals surface area contributed by atoms with Gasteiger partial charge in [0.1, 0.15) is 0 Å². The molecule has 0 bridgehead atoms. The van der Waals surface area contributed by atoms with Crippen molar-refractivity contribution in [3.63, 3.8) is 0 Å². The van der Waals surface area contributed by atoms with Gasteiger partial charge in [0.15, 0.2) is 0 Å². The Labute approximate surface area is 110 Å². The van der Waals surface area contributed by atoms with E-state index in [4.69, 9.17) is 0 Å². The first-order chi connectivity index (χ1) is 8.89. The number of alkyl halides is 3. The molecule has 2 N–H and O–H groups in total. The van der Waals surface area contributed by atoms with E-state index in [9.17, 15) is 18.0 Å². The molecule has 0 saturated heterocycles. The van der Waals surface area contributed by atoms with Crippen LogP contribution in [0.1, 0.15) is 24.5 Å². The SMILES string of the molecule is CC(=O)NCCCNCc1ccc(C(F)(F)F)cc1. The van der Waals surface area contributed by atoms with Crippen molar-refractivity contribution in [1.29, 1.82) is 0 Å². The van der Waals surface area contributed by atoms with Gasteiger partial charge < -0.3 is 10.6 Å². The van der Waals surface area contributed by atoms with Gasteiger partial charge in [-0.3, -0.25) is 4.79 Å². The van der Waals surface area contributed by atoms with Crippen LogP contribution in [-0.4, -0.2) is 19.0 Å². The molecule has 0 atom stereocenters. The molecule has 0 aliphatic heterocycles. The molecular weight excluding hydrogens is 257 g/mol. The Hall–Kier alpha value is -1.56. The lowest BCUT2D eigenvalue weighted by Gasteiger charge is -2.08. The lowest BCUT2D eigenvalue weighted by molar-refractivity contribution is -0.137. The third-order valence-electron chi connectivity index (χ3n) is 2.51. The zero-order valence-corrected chi connectivity index (χ0v) is 10.7. The minimum absolute atomic E-state index is 0.0669. The van der Waals surface area contributed by atoms with Gasteiger partial charge in [0.25, 0.3) is 0 Å². The molecular formula is C13H17F3N2O. The van der Waals surface area contributed by atoms with E-state index in [-0.39, 0.29) is 5.91 Å². The summed E-state index contributed by atoms with van der Waals surface area (Å²) in [6, 6.07) is 5.08. The van der Waals surface area contributed by atoms with E-state index < -0.39 is 11.7 Å². The first-order valence-electron chi connectivity index (χ1n) is 6.01. The molecule has 0 radical (unpaired) electrons. The third kappa shape index (κ3) is 6.24. The second-order valence-corrected chi connectivity index (χ2v) is 4.21. The van der Waals surface area contributed by atoms with Gasteiger partial charge in [0.2, 0.25) is 5.91 Å². The maximum atomic E-state index is 12.3. The zero-order valence-electron chi connectivity index (χ0n) is 10.7. The van der Waals surface area contributed by atoms with E-state index >= 15 is 0 Å². The number of hydrogen-bond donors (Lipinski definition) is 2. The topological polar surface area (TPSA) is 41.1 Å². The highest BCUT2D eigenvalue weighted by Gasteiger charge is 2.29. The van der Waals surface area contributed by atoms with E-state index in [0.29, 0.717) is 19.6 Å². The number of benzene rings is 1. The standard InChI is InChI=1S/C13H17F3N2O/c1-10(19)18-8-2-7-17-9-11-3-5-12(6-4-11)13(14,15)16/h3-6,17H,2,7-9H2,1H3,(H,18,19). The van der Waals surface area contributed by atoms with Crippen molar-refractivity contribution in [3.05, 3.63) is 35.4 Å². The Bertz CT molecular complexity index is 401. The van der Waals surface area contributed by atoms with Crippen LogP contribution in [0.3, 0.4) is 0 Å². The fraction of sp³-hybridized carbons (Fsp3) is 0.462. The smallest absolute Gasteiger partial charge is 0.356 e. The fourth-order valence-electron chi connectivity index (χ4n) is 1.52. The van der Waals surface area contributed by atoms with Crippen molar-refractivity contribution in [2.75, 3.05) is 13.1 Å². The molecule has 0 fully saturated rings. The van der Waals surface area contributed by atoms with E-state index in [1.54, 1.807) is 0 Å². The summed E-state index contributed by atoms with van der Waals surface area (Å²) in [5.41, 5.74) is 0.162. The highest BCUT2D eigenvalue weighted by Crippen LogP contribution is 2.28. The van der Waals surface area contributed by atoms with Crippen LogP contribution in [0.4, 0.5) is 13.2 Å². The van der Waals surface area contributed by atoms with Gasteiger partial charge in [0.05, 0.1) is 5.56 Å². The first-order valence-corrected chi connectivity index (χ1v) is 6.01. The van der Waals surface area contributed by atoms with Crippen LogP contribution in [0.25, 0.3) is 0 Å². The molecule has 0 aliphatic rings. The predicted octanol–water partition coefficient (Wildman–Crippen LogP) is 2.32. The van der Waals surface area contributed by atoms with E-state index in [1.165, 1.54) is 19.1 Å². The van der Waals surface area contributed by atoms with Gasteiger partial charge >= 0.3 is 6.18 Å². The predicted molar refractivity (Wildman–Crippen MR) is 66.5 cm³/mol. The number of hydrogen-bond acceptors (Lipinski definition) is 2. The maximum absolute atomic E-state index is 12.3. The Morgan fingerprint density at radius 1 is 1.16 bits per heavy atom. The fourth-order valence-corrected chi connectivity index (χ4v) is 1.52. The molecule has 0 spiro atoms. The van der Waals surface area contributed by atoms with E-state index in [2.05, 4.69) is 10.6 Å². The largest absolute Gasteiger partial charge is 0.416 e. The average molecular weight is 274 g/mol. The van der Waals surface area contributed by atoms with Gasteiger partial charge in [-0.05, 0) is 30.7 Å². The molecule has 1 aromatic rings. The second-order valence-electron chi connectivity index (χ2n) is 4.21. The molecule has 1 amide bonds. The Kier molecular flexibility index (Phi) is 5.82. The lowest BCUT2D eigenvalue weighted by atomic mass is 10.1. The van der Waals surface area contributed by atoms with Crippen molar-refractivity contribution >= 4 is 5.91 Å².